The molecule has 1 aliphatic carbocycles. The molecule has 7 heteroatoms. The quantitative estimate of drug-likeness (QED) is 0.646. The van der Waals surface area contributed by atoms with Crippen LogP contribution in [0.1, 0.15) is 12.8 Å². The number of aliphatic hydroxyl groups excluding tert-OH is 1. The third-order valence-corrected chi connectivity index (χ3v) is 4.63. The van der Waals surface area contributed by atoms with Gasteiger partial charge in [0.25, 0.3) is 0 Å². The van der Waals surface area contributed by atoms with E-state index in [0.29, 0.717) is 24.0 Å². The molecule has 0 radical (unpaired) electrons. The maximum atomic E-state index is 11.8. The van der Waals surface area contributed by atoms with Crippen LogP contribution in [0.5, 0.6) is 0 Å². The van der Waals surface area contributed by atoms with Crippen molar-refractivity contribution >= 4 is 21.4 Å². The lowest BCUT2D eigenvalue weighted by atomic mass is 10.2. The lowest BCUT2D eigenvalue weighted by Crippen LogP contribution is -2.30. The van der Waals surface area contributed by atoms with Gasteiger partial charge in [0.15, 0.2) is 0 Å². The van der Waals surface area contributed by atoms with E-state index in [1.165, 1.54) is 13.1 Å². The summed E-state index contributed by atoms with van der Waals surface area (Å²) in [6.07, 6.45) is 2.09. The molecule has 1 aromatic rings. The number of anilines is 2. The first-order valence-corrected chi connectivity index (χ1v) is 7.68. The summed E-state index contributed by atoms with van der Waals surface area (Å²) in [5, 5.41) is 9.13. The number of benzene rings is 1. The molecule has 4 N–H and O–H groups in total. The Hall–Kier alpha value is -1.31. The Morgan fingerprint density at radius 1 is 1.47 bits per heavy atom. The van der Waals surface area contributed by atoms with Gasteiger partial charge < -0.3 is 15.7 Å². The number of rotatable bonds is 6. The molecule has 0 heterocycles. The molecule has 0 aromatic heterocycles. The highest BCUT2D eigenvalue weighted by Crippen LogP contribution is 2.35. The van der Waals surface area contributed by atoms with Crippen LogP contribution in [0.2, 0.25) is 0 Å². The smallest absolute Gasteiger partial charge is 0.240 e. The van der Waals surface area contributed by atoms with E-state index in [0.717, 1.165) is 12.8 Å². The van der Waals surface area contributed by atoms with Crippen molar-refractivity contribution < 1.29 is 13.5 Å². The molecule has 19 heavy (non-hydrogen) atoms. The molecule has 0 unspecified atom stereocenters. The summed E-state index contributed by atoms with van der Waals surface area (Å²) < 4.78 is 25.9. The van der Waals surface area contributed by atoms with E-state index in [1.54, 1.807) is 12.1 Å². The van der Waals surface area contributed by atoms with Gasteiger partial charge in [-0.05, 0) is 38.1 Å². The van der Waals surface area contributed by atoms with Crippen LogP contribution in [0.4, 0.5) is 11.4 Å². The fourth-order valence-corrected chi connectivity index (χ4v) is 2.80. The number of nitrogens with zero attached hydrogens (tertiary/aromatic N) is 1. The average Bonchev–Trinajstić information content (AvgIpc) is 3.21. The van der Waals surface area contributed by atoms with E-state index in [4.69, 9.17) is 10.8 Å². The normalized spacial score (nSPS) is 15.5. The number of nitrogens with two attached hydrogens (primary N) is 1. The van der Waals surface area contributed by atoms with Crippen LogP contribution in [0.25, 0.3) is 0 Å². The molecule has 1 saturated carbocycles. The molecule has 1 fully saturated rings. The van der Waals surface area contributed by atoms with Gasteiger partial charge in [0.2, 0.25) is 10.0 Å². The molecule has 1 aliphatic rings. The zero-order valence-corrected chi connectivity index (χ0v) is 11.7. The number of sulfonamides is 1. The summed E-state index contributed by atoms with van der Waals surface area (Å²) >= 11 is 0. The summed E-state index contributed by atoms with van der Waals surface area (Å²) in [5.41, 5.74) is 7.13. The van der Waals surface area contributed by atoms with Gasteiger partial charge in [-0.3, -0.25) is 0 Å². The second-order valence-corrected chi connectivity index (χ2v) is 6.46. The van der Waals surface area contributed by atoms with E-state index >= 15 is 0 Å². The highest BCUT2D eigenvalue weighted by Gasteiger charge is 2.30. The number of hydrogen-bond donors (Lipinski definition) is 3. The summed E-state index contributed by atoms with van der Waals surface area (Å²) in [7, 11) is -2.11. The predicted octanol–water partition coefficient (Wildman–Crippen LogP) is 0.138. The van der Waals surface area contributed by atoms with Gasteiger partial charge >= 0.3 is 0 Å². The maximum absolute atomic E-state index is 11.8. The highest BCUT2D eigenvalue weighted by atomic mass is 32.2. The van der Waals surface area contributed by atoms with Crippen molar-refractivity contribution in [3.63, 3.8) is 0 Å². The van der Waals surface area contributed by atoms with Crippen LogP contribution in [0.15, 0.2) is 23.1 Å². The standard InChI is InChI=1S/C12H19N3O3S/c1-14-19(17,18)10-4-5-11(13)12(8-10)15(6-7-16)9-2-3-9/h4-5,8-9,14,16H,2-3,6-7,13H2,1H3. The Labute approximate surface area is 113 Å². The van der Waals surface area contributed by atoms with Crippen LogP contribution in [-0.4, -0.2) is 39.8 Å². The van der Waals surface area contributed by atoms with Gasteiger partial charge in [-0.1, -0.05) is 0 Å². The molecule has 0 aliphatic heterocycles. The first-order chi connectivity index (χ1) is 8.99. The van der Waals surface area contributed by atoms with Crippen LogP contribution in [0, 0.1) is 0 Å². The van der Waals surface area contributed by atoms with Gasteiger partial charge in [0, 0.05) is 12.6 Å². The van der Waals surface area contributed by atoms with Crippen LogP contribution >= 0.6 is 0 Å². The second kappa shape index (κ2) is 5.36. The van der Waals surface area contributed by atoms with E-state index in [1.807, 2.05) is 4.90 Å². The Kier molecular flexibility index (Phi) is 3.98. The molecule has 0 saturated heterocycles. The van der Waals surface area contributed by atoms with Gasteiger partial charge in [0.05, 0.1) is 22.9 Å². The molecule has 106 valence electrons. The van der Waals surface area contributed by atoms with Crippen molar-refractivity contribution in [1.82, 2.24) is 4.72 Å². The summed E-state index contributed by atoms with van der Waals surface area (Å²) in [4.78, 5) is 2.16. The molecular formula is C12H19N3O3S. The van der Waals surface area contributed by atoms with Crippen molar-refractivity contribution in [2.75, 3.05) is 30.8 Å². The number of nitrogens with one attached hydrogen (secondary N) is 1. The zero-order valence-electron chi connectivity index (χ0n) is 10.8. The summed E-state index contributed by atoms with van der Waals surface area (Å²) in [6, 6.07) is 4.98. The Morgan fingerprint density at radius 2 is 2.16 bits per heavy atom. The molecule has 6 nitrogen and oxygen atoms in total. The SMILES string of the molecule is CNS(=O)(=O)c1ccc(N)c(N(CCO)C2CC2)c1. The zero-order chi connectivity index (χ0) is 14.0. The molecule has 1 aromatic carbocycles. The van der Waals surface area contributed by atoms with E-state index < -0.39 is 10.0 Å². The maximum Gasteiger partial charge on any atom is 0.240 e. The van der Waals surface area contributed by atoms with Gasteiger partial charge in [-0.25, -0.2) is 13.1 Å². The fourth-order valence-electron chi connectivity index (χ4n) is 2.05. The molecule has 0 amide bonds. The van der Waals surface area contributed by atoms with Crippen molar-refractivity contribution in [1.29, 1.82) is 0 Å². The monoisotopic (exact) mass is 285 g/mol. The highest BCUT2D eigenvalue weighted by molar-refractivity contribution is 7.89. The third-order valence-electron chi connectivity index (χ3n) is 3.22. The lowest BCUT2D eigenvalue weighted by Gasteiger charge is -2.25. The first kappa shape index (κ1) is 14.1. The number of hydrogen-bond acceptors (Lipinski definition) is 5. The average molecular weight is 285 g/mol. The van der Waals surface area contributed by atoms with Crippen molar-refractivity contribution in [2.24, 2.45) is 0 Å². The minimum atomic E-state index is -3.49. The predicted molar refractivity (Wildman–Crippen MR) is 74.6 cm³/mol. The molecule has 0 atom stereocenters. The molecule has 2 rings (SSSR count). The van der Waals surface area contributed by atoms with Gasteiger partial charge in [-0.2, -0.15) is 0 Å². The Balaban J connectivity index is 2.41. The van der Waals surface area contributed by atoms with Crippen LogP contribution in [-0.2, 0) is 10.0 Å². The van der Waals surface area contributed by atoms with E-state index in [2.05, 4.69) is 4.72 Å². The van der Waals surface area contributed by atoms with E-state index in [9.17, 15) is 8.42 Å². The summed E-state index contributed by atoms with van der Waals surface area (Å²) in [6.45, 7) is 0.469. The van der Waals surface area contributed by atoms with Crippen molar-refractivity contribution in [2.45, 2.75) is 23.8 Å². The number of nitrogen functional groups attached to an aromatic ring is 1. The van der Waals surface area contributed by atoms with Gasteiger partial charge in [0.1, 0.15) is 0 Å². The van der Waals surface area contributed by atoms with Crippen molar-refractivity contribution in [3.05, 3.63) is 18.2 Å². The number of aliphatic hydroxyl groups is 1. The molecular weight excluding hydrogens is 266 g/mol. The third kappa shape index (κ3) is 2.99. The molecule has 0 spiro atoms. The fraction of sp³-hybridized carbons (Fsp3) is 0.500. The Bertz CT molecular complexity index is 555. The largest absolute Gasteiger partial charge is 0.397 e. The van der Waals surface area contributed by atoms with Crippen molar-refractivity contribution in [3.8, 4) is 0 Å². The van der Waals surface area contributed by atoms with E-state index in [-0.39, 0.29) is 11.5 Å². The van der Waals surface area contributed by atoms with Crippen LogP contribution < -0.4 is 15.4 Å². The Morgan fingerprint density at radius 3 is 2.68 bits per heavy atom. The minimum absolute atomic E-state index is 0.0128. The van der Waals surface area contributed by atoms with Gasteiger partial charge in [-0.15, -0.1) is 0 Å². The van der Waals surface area contributed by atoms with Crippen LogP contribution in [0.3, 0.4) is 0 Å². The lowest BCUT2D eigenvalue weighted by molar-refractivity contribution is 0.301. The minimum Gasteiger partial charge on any atom is -0.397 e. The molecule has 0 bridgehead atoms. The first-order valence-electron chi connectivity index (χ1n) is 6.20. The summed E-state index contributed by atoms with van der Waals surface area (Å²) in [5.74, 6) is 0. The topological polar surface area (TPSA) is 95.7 Å². The second-order valence-electron chi connectivity index (χ2n) is 4.58.